The zero-order valence-electron chi connectivity index (χ0n) is 3.29. The van der Waals surface area contributed by atoms with Crippen LogP contribution in [0.3, 0.4) is 0 Å². The van der Waals surface area contributed by atoms with Crippen LogP contribution in [0.5, 0.6) is 0 Å². The molecule has 0 aromatic rings. The summed E-state index contributed by atoms with van der Waals surface area (Å²) in [4.78, 5) is 4.80. The number of fused-ring (bicyclic) bond motifs is 1. The van der Waals surface area contributed by atoms with E-state index in [0.29, 0.717) is 12.0 Å². The molecule has 2 nitrogen and oxygen atoms in total. The van der Waals surface area contributed by atoms with Crippen molar-refractivity contribution in [1.82, 2.24) is 0 Å². The van der Waals surface area contributed by atoms with Crippen LogP contribution in [-0.2, 0) is 4.84 Å². The van der Waals surface area contributed by atoms with Gasteiger partial charge in [0, 0.05) is 5.92 Å². The molecule has 0 N–H and O–H groups in total. The molecule has 2 atom stereocenters. The van der Waals surface area contributed by atoms with Crippen LogP contribution in [0.4, 0.5) is 0 Å². The Morgan fingerprint density at radius 3 is 3.00 bits per heavy atom. The predicted octanol–water partition coefficient (Wildman–Crippen LogP) is 0.391. The monoisotopic (exact) mass is 83.0 g/mol. The van der Waals surface area contributed by atoms with Gasteiger partial charge in [0.25, 0.3) is 0 Å². The van der Waals surface area contributed by atoms with Crippen LogP contribution in [0.15, 0.2) is 5.16 Å². The molecule has 0 aromatic heterocycles. The zero-order chi connectivity index (χ0) is 3.98. The van der Waals surface area contributed by atoms with Crippen molar-refractivity contribution in [3.8, 4) is 0 Å². The first kappa shape index (κ1) is 2.61. The summed E-state index contributed by atoms with van der Waals surface area (Å²) in [6.07, 6.45) is 3.58. The molecule has 0 aromatic carbocycles. The van der Waals surface area contributed by atoms with Crippen molar-refractivity contribution >= 4 is 6.21 Å². The van der Waals surface area contributed by atoms with Gasteiger partial charge in [-0.15, -0.1) is 0 Å². The van der Waals surface area contributed by atoms with Gasteiger partial charge in [-0.3, -0.25) is 0 Å². The van der Waals surface area contributed by atoms with E-state index in [2.05, 4.69) is 5.16 Å². The molecule has 0 saturated heterocycles. The van der Waals surface area contributed by atoms with Crippen LogP contribution in [0.2, 0.25) is 0 Å². The highest BCUT2D eigenvalue weighted by Gasteiger charge is 2.42. The molecule has 1 saturated carbocycles. The number of hydrogen-bond donors (Lipinski definition) is 0. The standard InChI is InChI=1S/C4H5NO/c1-3-2-5-6-4(1)3/h2-4H,1H2. The molecule has 2 unspecified atom stereocenters. The Kier molecular flexibility index (Phi) is 0.261. The third kappa shape index (κ3) is 0.161. The average molecular weight is 83.1 g/mol. The molecule has 1 aliphatic heterocycles. The molecule has 1 aliphatic carbocycles. The Labute approximate surface area is 35.8 Å². The highest BCUT2D eigenvalue weighted by atomic mass is 16.6. The molecule has 0 amide bonds. The second-order valence-corrected chi connectivity index (χ2v) is 1.80. The summed E-state index contributed by atoms with van der Waals surface area (Å²) in [7, 11) is 0. The molecule has 2 heteroatoms. The van der Waals surface area contributed by atoms with E-state index >= 15 is 0 Å². The topological polar surface area (TPSA) is 21.6 Å². The minimum Gasteiger partial charge on any atom is -0.392 e. The average Bonchev–Trinajstić information content (AvgIpc) is 2.17. The summed E-state index contributed by atoms with van der Waals surface area (Å²) < 4.78 is 0. The number of oxime groups is 1. The minimum atomic E-state index is 0.491. The lowest BCUT2D eigenvalue weighted by Crippen LogP contribution is -1.77. The first-order chi connectivity index (χ1) is 2.97. The third-order valence-corrected chi connectivity index (χ3v) is 1.23. The van der Waals surface area contributed by atoms with Gasteiger partial charge >= 0.3 is 0 Å². The summed E-state index contributed by atoms with van der Waals surface area (Å²) in [5.74, 6) is 0.699. The van der Waals surface area contributed by atoms with E-state index in [9.17, 15) is 0 Å². The first-order valence-corrected chi connectivity index (χ1v) is 2.16. The van der Waals surface area contributed by atoms with Crippen molar-refractivity contribution in [1.29, 1.82) is 0 Å². The molecule has 0 spiro atoms. The lowest BCUT2D eigenvalue weighted by molar-refractivity contribution is 0.140. The fraction of sp³-hybridized carbons (Fsp3) is 0.750. The van der Waals surface area contributed by atoms with Gasteiger partial charge in [-0.25, -0.2) is 0 Å². The zero-order valence-corrected chi connectivity index (χ0v) is 3.29. The van der Waals surface area contributed by atoms with Crippen molar-refractivity contribution in [2.75, 3.05) is 0 Å². The molecule has 1 fully saturated rings. The highest BCUT2D eigenvalue weighted by Crippen LogP contribution is 2.35. The van der Waals surface area contributed by atoms with E-state index in [-0.39, 0.29) is 0 Å². The van der Waals surface area contributed by atoms with Gasteiger partial charge in [-0.2, -0.15) is 0 Å². The SMILES string of the molecule is C1=NOC2CC12. The number of hydrogen-bond acceptors (Lipinski definition) is 2. The summed E-state index contributed by atoms with van der Waals surface area (Å²) in [6, 6.07) is 0. The molecule has 6 heavy (non-hydrogen) atoms. The van der Waals surface area contributed by atoms with E-state index in [1.165, 1.54) is 6.42 Å². The van der Waals surface area contributed by atoms with Crippen molar-refractivity contribution in [2.45, 2.75) is 12.5 Å². The minimum absolute atomic E-state index is 0.491. The van der Waals surface area contributed by atoms with Gasteiger partial charge in [0.05, 0.1) is 6.21 Å². The first-order valence-electron chi connectivity index (χ1n) is 2.16. The van der Waals surface area contributed by atoms with E-state index in [1.807, 2.05) is 6.21 Å². The van der Waals surface area contributed by atoms with Crippen LogP contribution >= 0.6 is 0 Å². The molecule has 2 aliphatic rings. The van der Waals surface area contributed by atoms with Gasteiger partial charge in [0.15, 0.2) is 0 Å². The largest absolute Gasteiger partial charge is 0.392 e. The molecular formula is C4H5NO. The van der Waals surface area contributed by atoms with Gasteiger partial charge in [-0.1, -0.05) is 5.16 Å². The molecule has 2 rings (SSSR count). The summed E-state index contributed by atoms with van der Waals surface area (Å²) >= 11 is 0. The van der Waals surface area contributed by atoms with Crippen molar-refractivity contribution in [3.63, 3.8) is 0 Å². The quantitative estimate of drug-likeness (QED) is 0.415. The second kappa shape index (κ2) is 0.600. The van der Waals surface area contributed by atoms with Crippen molar-refractivity contribution in [2.24, 2.45) is 11.1 Å². The summed E-state index contributed by atoms with van der Waals surface area (Å²) in [6.45, 7) is 0. The van der Waals surface area contributed by atoms with Crippen LogP contribution in [-0.4, -0.2) is 12.3 Å². The van der Waals surface area contributed by atoms with E-state index < -0.39 is 0 Å². The lowest BCUT2D eigenvalue weighted by Gasteiger charge is -1.81. The fourth-order valence-electron chi connectivity index (χ4n) is 0.659. The highest BCUT2D eigenvalue weighted by molar-refractivity contribution is 5.66. The maximum absolute atomic E-state index is 4.80. The summed E-state index contributed by atoms with van der Waals surface area (Å²) in [5.41, 5.74) is 0. The van der Waals surface area contributed by atoms with Gasteiger partial charge < -0.3 is 4.84 Å². The fourth-order valence-corrected chi connectivity index (χ4v) is 0.659. The van der Waals surface area contributed by atoms with Crippen LogP contribution in [0.25, 0.3) is 0 Å². The predicted molar refractivity (Wildman–Crippen MR) is 21.5 cm³/mol. The molecular weight excluding hydrogens is 78.0 g/mol. The van der Waals surface area contributed by atoms with E-state index in [4.69, 9.17) is 4.84 Å². The lowest BCUT2D eigenvalue weighted by atomic mass is 10.5. The van der Waals surface area contributed by atoms with Crippen LogP contribution in [0.1, 0.15) is 6.42 Å². The smallest absolute Gasteiger partial charge is 0.136 e. The third-order valence-electron chi connectivity index (χ3n) is 1.23. The van der Waals surface area contributed by atoms with Crippen LogP contribution in [0, 0.1) is 5.92 Å². The Bertz CT molecular complexity index is 99.7. The van der Waals surface area contributed by atoms with Crippen molar-refractivity contribution < 1.29 is 4.84 Å². The van der Waals surface area contributed by atoms with Gasteiger partial charge in [-0.05, 0) is 6.42 Å². The number of nitrogens with zero attached hydrogens (tertiary/aromatic N) is 1. The van der Waals surface area contributed by atoms with Gasteiger partial charge in [0.2, 0.25) is 0 Å². The van der Waals surface area contributed by atoms with Crippen molar-refractivity contribution in [3.05, 3.63) is 0 Å². The summed E-state index contributed by atoms with van der Waals surface area (Å²) in [5, 5.41) is 3.59. The maximum atomic E-state index is 4.80. The van der Waals surface area contributed by atoms with Gasteiger partial charge in [0.1, 0.15) is 6.10 Å². The second-order valence-electron chi connectivity index (χ2n) is 1.80. The Hall–Kier alpha value is -0.530. The van der Waals surface area contributed by atoms with E-state index in [0.717, 1.165) is 0 Å². The molecule has 0 radical (unpaired) electrons. The Morgan fingerprint density at radius 1 is 1.83 bits per heavy atom. The Morgan fingerprint density at radius 2 is 2.83 bits per heavy atom. The van der Waals surface area contributed by atoms with E-state index in [1.54, 1.807) is 0 Å². The maximum Gasteiger partial charge on any atom is 0.136 e. The normalized spacial score (nSPS) is 48.0. The Balaban J connectivity index is 2.26. The van der Waals surface area contributed by atoms with Crippen LogP contribution < -0.4 is 0 Å². The molecule has 0 bridgehead atoms. The molecule has 1 heterocycles. The molecule has 32 valence electrons. The number of rotatable bonds is 0.